The van der Waals surface area contributed by atoms with E-state index in [-0.39, 0.29) is 18.3 Å². The summed E-state index contributed by atoms with van der Waals surface area (Å²) in [4.78, 5) is 24.1. The molecular formula is C21H17F2N3O2. The van der Waals surface area contributed by atoms with Gasteiger partial charge >= 0.3 is 6.03 Å². The molecule has 0 aromatic heterocycles. The zero-order chi connectivity index (χ0) is 19.9. The van der Waals surface area contributed by atoms with Crippen LogP contribution in [0.1, 0.15) is 15.9 Å². The monoisotopic (exact) mass is 381 g/mol. The Balaban J connectivity index is 1.55. The maximum atomic E-state index is 12.9. The molecule has 0 fully saturated rings. The van der Waals surface area contributed by atoms with Crippen LogP contribution in [0.4, 0.5) is 25.0 Å². The van der Waals surface area contributed by atoms with Gasteiger partial charge in [0.15, 0.2) is 0 Å². The van der Waals surface area contributed by atoms with Crippen LogP contribution in [0, 0.1) is 11.6 Å². The van der Waals surface area contributed by atoms with Gasteiger partial charge in [-0.15, -0.1) is 0 Å². The van der Waals surface area contributed by atoms with Gasteiger partial charge in [-0.1, -0.05) is 12.1 Å². The molecule has 142 valence electrons. The number of hydrogen-bond acceptors (Lipinski definition) is 2. The molecule has 0 unspecified atom stereocenters. The lowest BCUT2D eigenvalue weighted by molar-refractivity contribution is 0.102. The fraction of sp³-hybridized carbons (Fsp3) is 0.0476. The molecule has 3 amide bonds. The van der Waals surface area contributed by atoms with Crippen molar-refractivity contribution in [2.45, 2.75) is 6.54 Å². The average molecular weight is 381 g/mol. The molecule has 0 heterocycles. The molecule has 0 aliphatic rings. The summed E-state index contributed by atoms with van der Waals surface area (Å²) >= 11 is 0. The van der Waals surface area contributed by atoms with Crippen molar-refractivity contribution in [2.24, 2.45) is 0 Å². The number of urea groups is 1. The van der Waals surface area contributed by atoms with Gasteiger partial charge in [-0.2, -0.15) is 0 Å². The molecule has 0 saturated carbocycles. The predicted molar refractivity (Wildman–Crippen MR) is 103 cm³/mol. The molecule has 28 heavy (non-hydrogen) atoms. The number of halogens is 2. The van der Waals surface area contributed by atoms with Gasteiger partial charge in [-0.05, 0) is 66.2 Å². The molecule has 0 radical (unpaired) electrons. The van der Waals surface area contributed by atoms with Crippen molar-refractivity contribution >= 4 is 23.3 Å². The number of hydrogen-bond donors (Lipinski definition) is 3. The van der Waals surface area contributed by atoms with Crippen LogP contribution in [0.25, 0.3) is 0 Å². The fourth-order valence-corrected chi connectivity index (χ4v) is 2.45. The number of carbonyl (C=O) groups is 2. The minimum Gasteiger partial charge on any atom is -0.334 e. The number of carbonyl (C=O) groups excluding carboxylic acids is 2. The van der Waals surface area contributed by atoms with Crippen LogP contribution in [0.3, 0.4) is 0 Å². The van der Waals surface area contributed by atoms with E-state index in [0.29, 0.717) is 16.9 Å². The van der Waals surface area contributed by atoms with Gasteiger partial charge in [-0.3, -0.25) is 4.79 Å². The maximum Gasteiger partial charge on any atom is 0.319 e. The average Bonchev–Trinajstić information content (AvgIpc) is 2.69. The van der Waals surface area contributed by atoms with Crippen molar-refractivity contribution in [3.63, 3.8) is 0 Å². The summed E-state index contributed by atoms with van der Waals surface area (Å²) in [5.74, 6) is -1.16. The summed E-state index contributed by atoms with van der Waals surface area (Å²) in [5.41, 5.74) is 2.13. The number of nitrogens with one attached hydrogen (secondary N) is 3. The van der Waals surface area contributed by atoms with Crippen LogP contribution in [0.5, 0.6) is 0 Å². The third-order valence-corrected chi connectivity index (χ3v) is 3.85. The zero-order valence-electron chi connectivity index (χ0n) is 14.7. The molecule has 0 bridgehead atoms. The molecule has 3 N–H and O–H groups in total. The molecule has 0 aliphatic carbocycles. The third-order valence-electron chi connectivity index (χ3n) is 3.85. The Morgan fingerprint density at radius 2 is 1.39 bits per heavy atom. The topological polar surface area (TPSA) is 70.2 Å². The van der Waals surface area contributed by atoms with Gasteiger partial charge < -0.3 is 16.0 Å². The Kier molecular flexibility index (Phi) is 5.96. The van der Waals surface area contributed by atoms with E-state index < -0.39 is 11.8 Å². The van der Waals surface area contributed by atoms with E-state index in [9.17, 15) is 18.4 Å². The van der Waals surface area contributed by atoms with Crippen LogP contribution in [-0.4, -0.2) is 11.9 Å². The van der Waals surface area contributed by atoms with Gasteiger partial charge in [0.25, 0.3) is 5.91 Å². The van der Waals surface area contributed by atoms with Crippen LogP contribution < -0.4 is 16.0 Å². The van der Waals surface area contributed by atoms with Crippen molar-refractivity contribution in [1.29, 1.82) is 0 Å². The predicted octanol–water partition coefficient (Wildman–Crippen LogP) is 4.54. The Bertz CT molecular complexity index is 974. The van der Waals surface area contributed by atoms with E-state index in [4.69, 9.17) is 0 Å². The van der Waals surface area contributed by atoms with Crippen molar-refractivity contribution in [2.75, 3.05) is 10.6 Å². The zero-order valence-corrected chi connectivity index (χ0v) is 14.7. The van der Waals surface area contributed by atoms with Gasteiger partial charge in [0.05, 0.1) is 0 Å². The Morgan fingerprint density at radius 1 is 0.750 bits per heavy atom. The molecule has 3 aromatic rings. The minimum atomic E-state index is -0.438. The minimum absolute atomic E-state index is 0.229. The summed E-state index contributed by atoms with van der Waals surface area (Å²) in [6.07, 6.45) is 0. The summed E-state index contributed by atoms with van der Waals surface area (Å²) in [7, 11) is 0. The normalized spacial score (nSPS) is 10.2. The first kappa shape index (κ1) is 19.0. The molecule has 3 rings (SSSR count). The second-order valence-corrected chi connectivity index (χ2v) is 5.98. The highest BCUT2D eigenvalue weighted by Gasteiger charge is 2.07. The first-order chi connectivity index (χ1) is 13.5. The number of benzene rings is 3. The smallest absolute Gasteiger partial charge is 0.319 e. The molecule has 0 atom stereocenters. The SMILES string of the molecule is O=C(NCc1cccc(NC(=O)c2ccc(F)cc2)c1)Nc1ccc(F)cc1. The van der Waals surface area contributed by atoms with Gasteiger partial charge in [0.1, 0.15) is 11.6 Å². The van der Waals surface area contributed by atoms with Crippen LogP contribution in [-0.2, 0) is 6.54 Å². The lowest BCUT2D eigenvalue weighted by atomic mass is 10.1. The highest BCUT2D eigenvalue weighted by molar-refractivity contribution is 6.04. The second kappa shape index (κ2) is 8.77. The second-order valence-electron chi connectivity index (χ2n) is 5.98. The van der Waals surface area contributed by atoms with E-state index >= 15 is 0 Å². The van der Waals surface area contributed by atoms with Crippen molar-refractivity contribution in [3.8, 4) is 0 Å². The van der Waals surface area contributed by atoms with Crippen molar-refractivity contribution in [3.05, 3.63) is 95.6 Å². The Morgan fingerprint density at radius 3 is 2.07 bits per heavy atom. The van der Waals surface area contributed by atoms with E-state index in [1.807, 2.05) is 0 Å². The number of anilines is 2. The lowest BCUT2D eigenvalue weighted by Gasteiger charge is -2.10. The third kappa shape index (κ3) is 5.38. The lowest BCUT2D eigenvalue weighted by Crippen LogP contribution is -2.28. The molecule has 7 heteroatoms. The fourth-order valence-electron chi connectivity index (χ4n) is 2.45. The Hall–Kier alpha value is -3.74. The largest absolute Gasteiger partial charge is 0.334 e. The molecule has 5 nitrogen and oxygen atoms in total. The first-order valence-electron chi connectivity index (χ1n) is 8.46. The highest BCUT2D eigenvalue weighted by Crippen LogP contribution is 2.13. The van der Waals surface area contributed by atoms with E-state index in [0.717, 1.165) is 5.56 Å². The van der Waals surface area contributed by atoms with Gasteiger partial charge in [0.2, 0.25) is 0 Å². The summed E-state index contributed by atoms with van der Waals surface area (Å²) in [5, 5.41) is 8.00. The summed E-state index contributed by atoms with van der Waals surface area (Å²) < 4.78 is 25.8. The Labute approximate surface area is 160 Å². The van der Waals surface area contributed by atoms with E-state index in [2.05, 4.69) is 16.0 Å². The van der Waals surface area contributed by atoms with Gasteiger partial charge in [-0.25, -0.2) is 13.6 Å². The number of rotatable bonds is 5. The van der Waals surface area contributed by atoms with Crippen LogP contribution in [0.15, 0.2) is 72.8 Å². The van der Waals surface area contributed by atoms with Gasteiger partial charge in [0, 0.05) is 23.5 Å². The number of amides is 3. The van der Waals surface area contributed by atoms with E-state index in [1.165, 1.54) is 48.5 Å². The molecule has 0 aliphatic heterocycles. The first-order valence-corrected chi connectivity index (χ1v) is 8.46. The quantitative estimate of drug-likeness (QED) is 0.607. The van der Waals surface area contributed by atoms with E-state index in [1.54, 1.807) is 24.3 Å². The van der Waals surface area contributed by atoms with Crippen molar-refractivity contribution in [1.82, 2.24) is 5.32 Å². The van der Waals surface area contributed by atoms with Crippen LogP contribution >= 0.6 is 0 Å². The summed E-state index contributed by atoms with van der Waals surface area (Å²) in [6.45, 7) is 0.229. The maximum absolute atomic E-state index is 12.9. The molecular weight excluding hydrogens is 364 g/mol. The van der Waals surface area contributed by atoms with Crippen LogP contribution in [0.2, 0.25) is 0 Å². The molecule has 0 saturated heterocycles. The summed E-state index contributed by atoms with van der Waals surface area (Å²) in [6, 6.07) is 17.2. The highest BCUT2D eigenvalue weighted by atomic mass is 19.1. The molecule has 3 aromatic carbocycles. The van der Waals surface area contributed by atoms with Crippen molar-refractivity contribution < 1.29 is 18.4 Å². The molecule has 0 spiro atoms. The standard InChI is InChI=1S/C21H17F2N3O2/c22-16-6-4-15(5-7-16)20(27)25-19-3-1-2-14(12-19)13-24-21(28)26-18-10-8-17(23)9-11-18/h1-12H,13H2,(H,25,27)(H2,24,26,28).